The van der Waals surface area contributed by atoms with E-state index >= 15 is 0 Å². The highest BCUT2D eigenvalue weighted by Gasteiger charge is 2.25. The van der Waals surface area contributed by atoms with Crippen LogP contribution in [-0.4, -0.2) is 23.7 Å². The van der Waals surface area contributed by atoms with Crippen LogP contribution in [0.3, 0.4) is 0 Å². The second-order valence-corrected chi connectivity index (χ2v) is 5.34. The number of anilines is 1. The minimum atomic E-state index is -0.104. The van der Waals surface area contributed by atoms with Crippen LogP contribution < -0.4 is 11.1 Å². The van der Waals surface area contributed by atoms with Crippen LogP contribution in [0.5, 0.6) is 0 Å². The molecule has 0 saturated heterocycles. The quantitative estimate of drug-likeness (QED) is 0.580. The fraction of sp³-hybridized carbons (Fsp3) is 0.438. The summed E-state index contributed by atoms with van der Waals surface area (Å²) in [6.45, 7) is 0.145. The zero-order chi connectivity index (χ0) is 14.4. The zero-order valence-electron chi connectivity index (χ0n) is 11.6. The van der Waals surface area contributed by atoms with Crippen molar-refractivity contribution in [2.45, 2.75) is 31.7 Å². The molecule has 0 heterocycles. The number of carbonyl (C=O) groups is 1. The number of carbonyl (C=O) groups excluding carboxylic acids is 1. The van der Waals surface area contributed by atoms with Gasteiger partial charge in [0.15, 0.2) is 0 Å². The van der Waals surface area contributed by atoms with E-state index in [2.05, 4.69) is 5.32 Å². The average molecular weight is 274 g/mol. The summed E-state index contributed by atoms with van der Waals surface area (Å²) in [5.41, 5.74) is 7.26. The summed E-state index contributed by atoms with van der Waals surface area (Å²) < 4.78 is 0. The van der Waals surface area contributed by atoms with Gasteiger partial charge in [0.05, 0.1) is 0 Å². The lowest BCUT2D eigenvalue weighted by molar-refractivity contribution is -0.117. The van der Waals surface area contributed by atoms with Gasteiger partial charge in [-0.25, -0.2) is 0 Å². The Morgan fingerprint density at radius 3 is 2.70 bits per heavy atom. The predicted molar refractivity (Wildman–Crippen MR) is 80.9 cm³/mol. The Balaban J connectivity index is 1.89. The molecule has 1 saturated carbocycles. The van der Waals surface area contributed by atoms with Gasteiger partial charge in [0, 0.05) is 30.3 Å². The van der Waals surface area contributed by atoms with Crippen LogP contribution in [0.1, 0.15) is 31.2 Å². The molecule has 0 spiro atoms. The Labute approximate surface area is 119 Å². The number of nitrogen functional groups attached to an aromatic ring is 1. The summed E-state index contributed by atoms with van der Waals surface area (Å²) in [4.78, 5) is 11.9. The van der Waals surface area contributed by atoms with Gasteiger partial charge in [-0.05, 0) is 36.6 Å². The first-order valence-corrected chi connectivity index (χ1v) is 7.14. The molecule has 1 aromatic carbocycles. The molecule has 0 aromatic heterocycles. The monoisotopic (exact) mass is 274 g/mol. The van der Waals surface area contributed by atoms with Crippen LogP contribution in [0.2, 0.25) is 0 Å². The van der Waals surface area contributed by atoms with Crippen molar-refractivity contribution < 1.29 is 9.90 Å². The molecule has 4 N–H and O–H groups in total. The second-order valence-electron chi connectivity index (χ2n) is 5.34. The molecule has 2 unspecified atom stereocenters. The molecule has 2 atom stereocenters. The Kier molecular flexibility index (Phi) is 5.18. The van der Waals surface area contributed by atoms with Gasteiger partial charge >= 0.3 is 0 Å². The standard InChI is InChI=1S/C16H22N2O2/c17-14-8-5-12(6-9-14)7-10-16(20)18-15-4-2-1-3-13(15)11-19/h5-10,13,15,19H,1-4,11,17H2,(H,18,20)/b10-7+. The van der Waals surface area contributed by atoms with Gasteiger partial charge in [-0.2, -0.15) is 0 Å². The minimum absolute atomic E-state index is 0.0947. The van der Waals surface area contributed by atoms with Crippen LogP contribution in [0.15, 0.2) is 30.3 Å². The lowest BCUT2D eigenvalue weighted by atomic mass is 9.85. The maximum absolute atomic E-state index is 11.9. The second kappa shape index (κ2) is 7.10. The van der Waals surface area contributed by atoms with Crippen molar-refractivity contribution in [3.05, 3.63) is 35.9 Å². The van der Waals surface area contributed by atoms with E-state index in [1.807, 2.05) is 12.1 Å². The van der Waals surface area contributed by atoms with Gasteiger partial charge in [0.1, 0.15) is 0 Å². The van der Waals surface area contributed by atoms with Crippen molar-refractivity contribution in [1.82, 2.24) is 5.32 Å². The topological polar surface area (TPSA) is 75.4 Å². The number of hydrogen-bond donors (Lipinski definition) is 3. The highest BCUT2D eigenvalue weighted by molar-refractivity contribution is 5.91. The van der Waals surface area contributed by atoms with Gasteiger partial charge < -0.3 is 16.2 Å². The third kappa shape index (κ3) is 4.10. The molecule has 0 bridgehead atoms. The Hall–Kier alpha value is -1.81. The zero-order valence-corrected chi connectivity index (χ0v) is 11.6. The van der Waals surface area contributed by atoms with Crippen LogP contribution in [-0.2, 0) is 4.79 Å². The molecule has 20 heavy (non-hydrogen) atoms. The fourth-order valence-corrected chi connectivity index (χ4v) is 2.63. The number of aliphatic hydroxyl groups is 1. The minimum Gasteiger partial charge on any atom is -0.399 e. The Morgan fingerprint density at radius 1 is 1.30 bits per heavy atom. The normalized spacial score (nSPS) is 22.9. The van der Waals surface area contributed by atoms with Gasteiger partial charge in [0.2, 0.25) is 5.91 Å². The Bertz CT molecular complexity index is 468. The van der Waals surface area contributed by atoms with Crippen molar-refractivity contribution in [2.24, 2.45) is 5.92 Å². The van der Waals surface area contributed by atoms with Gasteiger partial charge in [-0.3, -0.25) is 4.79 Å². The fourth-order valence-electron chi connectivity index (χ4n) is 2.63. The van der Waals surface area contributed by atoms with Crippen molar-refractivity contribution in [3.8, 4) is 0 Å². The van der Waals surface area contributed by atoms with Crippen molar-refractivity contribution in [3.63, 3.8) is 0 Å². The van der Waals surface area contributed by atoms with E-state index in [0.29, 0.717) is 5.69 Å². The highest BCUT2D eigenvalue weighted by atomic mass is 16.3. The number of rotatable bonds is 4. The lowest BCUT2D eigenvalue weighted by Crippen LogP contribution is -2.42. The van der Waals surface area contributed by atoms with E-state index in [-0.39, 0.29) is 24.5 Å². The number of nitrogens with one attached hydrogen (secondary N) is 1. The molecule has 2 rings (SSSR count). The summed E-state index contributed by atoms with van der Waals surface area (Å²) in [6.07, 6.45) is 7.50. The number of aliphatic hydroxyl groups excluding tert-OH is 1. The van der Waals surface area contributed by atoms with Crippen LogP contribution >= 0.6 is 0 Å². The summed E-state index contributed by atoms with van der Waals surface area (Å²) in [6, 6.07) is 7.45. The van der Waals surface area contributed by atoms with E-state index in [4.69, 9.17) is 5.73 Å². The first kappa shape index (κ1) is 14.6. The summed E-state index contributed by atoms with van der Waals surface area (Å²) in [5, 5.41) is 12.3. The van der Waals surface area contributed by atoms with Crippen LogP contribution in [0, 0.1) is 5.92 Å². The third-order valence-corrected chi connectivity index (χ3v) is 3.83. The van der Waals surface area contributed by atoms with Crippen molar-refractivity contribution in [1.29, 1.82) is 0 Å². The SMILES string of the molecule is Nc1ccc(/C=C/C(=O)NC2CCCCC2CO)cc1. The lowest BCUT2D eigenvalue weighted by Gasteiger charge is -2.30. The predicted octanol–water partition coefficient (Wildman–Crippen LogP) is 1.95. The van der Waals surface area contributed by atoms with Crippen molar-refractivity contribution >= 4 is 17.7 Å². The van der Waals surface area contributed by atoms with Crippen LogP contribution in [0.25, 0.3) is 6.08 Å². The highest BCUT2D eigenvalue weighted by Crippen LogP contribution is 2.23. The molecule has 4 nitrogen and oxygen atoms in total. The molecule has 4 heteroatoms. The maximum Gasteiger partial charge on any atom is 0.244 e. The van der Waals surface area contributed by atoms with E-state index in [1.54, 1.807) is 18.2 Å². The third-order valence-electron chi connectivity index (χ3n) is 3.83. The maximum atomic E-state index is 11.9. The summed E-state index contributed by atoms with van der Waals surface area (Å²) in [5.74, 6) is 0.0878. The largest absolute Gasteiger partial charge is 0.399 e. The molecule has 1 aromatic rings. The molecule has 1 aliphatic rings. The molecule has 1 amide bonds. The van der Waals surface area contributed by atoms with E-state index < -0.39 is 0 Å². The molecule has 108 valence electrons. The van der Waals surface area contributed by atoms with Gasteiger partial charge in [-0.1, -0.05) is 25.0 Å². The average Bonchev–Trinajstić information content (AvgIpc) is 2.47. The molecular formula is C16H22N2O2. The number of nitrogens with two attached hydrogens (primary N) is 1. The number of benzene rings is 1. The molecule has 1 fully saturated rings. The smallest absolute Gasteiger partial charge is 0.244 e. The van der Waals surface area contributed by atoms with Gasteiger partial charge in [0.25, 0.3) is 0 Å². The van der Waals surface area contributed by atoms with E-state index in [0.717, 1.165) is 31.2 Å². The van der Waals surface area contributed by atoms with E-state index in [1.165, 1.54) is 6.08 Å². The first-order chi connectivity index (χ1) is 9.69. The molecule has 0 radical (unpaired) electrons. The van der Waals surface area contributed by atoms with Crippen LogP contribution in [0.4, 0.5) is 5.69 Å². The summed E-state index contributed by atoms with van der Waals surface area (Å²) in [7, 11) is 0. The molecule has 0 aliphatic heterocycles. The first-order valence-electron chi connectivity index (χ1n) is 7.14. The Morgan fingerprint density at radius 2 is 2.00 bits per heavy atom. The van der Waals surface area contributed by atoms with Crippen molar-refractivity contribution in [2.75, 3.05) is 12.3 Å². The van der Waals surface area contributed by atoms with E-state index in [9.17, 15) is 9.90 Å². The number of amides is 1. The summed E-state index contributed by atoms with van der Waals surface area (Å²) >= 11 is 0. The molecule has 1 aliphatic carbocycles. The molecular weight excluding hydrogens is 252 g/mol. The number of hydrogen-bond acceptors (Lipinski definition) is 3. The van der Waals surface area contributed by atoms with Gasteiger partial charge in [-0.15, -0.1) is 0 Å².